The predicted octanol–water partition coefficient (Wildman–Crippen LogP) is 9.27. The van der Waals surface area contributed by atoms with E-state index in [1.54, 1.807) is 0 Å². The first-order valence-corrected chi connectivity index (χ1v) is 13.5. The van der Waals surface area contributed by atoms with Gasteiger partial charge in [-0.15, -0.1) is 0 Å². The minimum absolute atomic E-state index is 0. The Morgan fingerprint density at radius 1 is 0.350 bits per heavy atom. The third-order valence-corrected chi connectivity index (χ3v) is 5.33. The van der Waals surface area contributed by atoms with Gasteiger partial charge in [-0.2, -0.15) is 0 Å². The molecule has 0 spiro atoms. The number of aliphatic hydroxyl groups is 3. The van der Waals surface area contributed by atoms with E-state index in [1.807, 2.05) is 125 Å². The van der Waals surface area contributed by atoms with Gasteiger partial charge in [0.25, 0.3) is 0 Å². The number of allylic oxidation sites excluding steroid dienone is 6. The van der Waals surface area contributed by atoms with E-state index in [0.717, 1.165) is 0 Å². The Kier molecular flexibility index (Phi) is 18.8. The van der Waals surface area contributed by atoms with Gasteiger partial charge in [-0.25, -0.2) is 0 Å². The molecule has 0 aromatic rings. The summed E-state index contributed by atoms with van der Waals surface area (Å²) in [6, 6.07) is 0. The van der Waals surface area contributed by atoms with Crippen molar-refractivity contribution in [3.05, 3.63) is 35.5 Å². The Bertz CT molecular complexity index is 801. The topological polar surface area (TPSA) is 112 Å². The van der Waals surface area contributed by atoms with E-state index < -0.39 is 16.2 Å². The average Bonchev–Trinajstić information content (AvgIpc) is 2.64. The van der Waals surface area contributed by atoms with Crippen molar-refractivity contribution in [3.8, 4) is 0 Å². The zero-order valence-corrected chi connectivity index (χ0v) is 32.5. The van der Waals surface area contributed by atoms with Gasteiger partial charge in [0.1, 0.15) is 17.3 Å². The second-order valence-electron chi connectivity index (χ2n) is 16.2. The molecule has 0 fully saturated rings. The first-order chi connectivity index (χ1) is 16.6. The van der Waals surface area contributed by atoms with Crippen molar-refractivity contribution in [2.45, 2.75) is 125 Å². The molecule has 0 saturated heterocycles. The number of rotatable bonds is 3. The Balaban J connectivity index is -0.000000240. The van der Waals surface area contributed by atoms with E-state index in [-0.39, 0.29) is 86.5 Å². The second-order valence-corrected chi connectivity index (χ2v) is 16.2. The normalized spacial score (nSPS) is 14.1. The van der Waals surface area contributed by atoms with Gasteiger partial charge in [0.15, 0.2) is 17.3 Å². The molecule has 0 bridgehead atoms. The smallest absolute Gasteiger partial charge is 0.164 e. The van der Waals surface area contributed by atoms with Crippen LogP contribution in [0.25, 0.3) is 0 Å². The zero-order valence-electron chi connectivity index (χ0n) is 28.9. The molecule has 0 aromatic carbocycles. The maximum atomic E-state index is 11.5. The molecular weight excluding hydrogens is 631 g/mol. The molecule has 0 amide bonds. The molecule has 231 valence electrons. The fourth-order valence-corrected chi connectivity index (χ4v) is 1.67. The fraction of sp³-hybridized carbons (Fsp3) is 0.727. The average molecular weight is 692 g/mol. The summed E-state index contributed by atoms with van der Waals surface area (Å²) in [6.45, 7) is 33.3. The van der Waals surface area contributed by atoms with Crippen LogP contribution in [0.4, 0.5) is 0 Å². The van der Waals surface area contributed by atoms with Crippen LogP contribution in [0.1, 0.15) is 125 Å². The molecule has 0 rings (SSSR count). The van der Waals surface area contributed by atoms with Gasteiger partial charge in [-0.1, -0.05) is 125 Å². The van der Waals surface area contributed by atoms with E-state index in [9.17, 15) is 29.7 Å². The number of hydrogen-bond acceptors (Lipinski definition) is 6. The van der Waals surface area contributed by atoms with Gasteiger partial charge < -0.3 is 15.3 Å². The summed E-state index contributed by atoms with van der Waals surface area (Å²) in [5, 5.41) is 28.7. The van der Waals surface area contributed by atoms with Crippen molar-refractivity contribution >= 4 is 17.3 Å². The molecule has 7 heteroatoms. The Morgan fingerprint density at radius 3 is 0.550 bits per heavy atom. The molecule has 0 saturated carbocycles. The van der Waals surface area contributed by atoms with Crippen LogP contribution in [0.2, 0.25) is 0 Å². The van der Waals surface area contributed by atoms with E-state index in [2.05, 4.69) is 0 Å². The van der Waals surface area contributed by atoms with Crippen molar-refractivity contribution in [2.75, 3.05) is 0 Å². The maximum absolute atomic E-state index is 11.5. The van der Waals surface area contributed by atoms with Crippen molar-refractivity contribution in [3.63, 3.8) is 0 Å². The van der Waals surface area contributed by atoms with Crippen LogP contribution in [0.5, 0.6) is 0 Å². The largest absolute Gasteiger partial charge is 0.512 e. The molecule has 0 aliphatic carbocycles. The summed E-state index contributed by atoms with van der Waals surface area (Å²) in [7, 11) is 0. The summed E-state index contributed by atoms with van der Waals surface area (Å²) in [5.41, 5.74) is -2.29. The van der Waals surface area contributed by atoms with E-state index in [1.165, 1.54) is 18.2 Å². The monoisotopic (exact) mass is 691 g/mol. The number of hydrogen-bond donors (Lipinski definition) is 3. The van der Waals surface area contributed by atoms with Crippen LogP contribution >= 0.6 is 0 Å². The molecule has 1 radical (unpaired) electrons. The second kappa shape index (κ2) is 16.5. The van der Waals surface area contributed by atoms with E-state index in [4.69, 9.17) is 0 Å². The number of ketones is 3. The third-order valence-electron chi connectivity index (χ3n) is 5.33. The Hall–Kier alpha value is -1.18. The van der Waals surface area contributed by atoms with Crippen LogP contribution in [0.3, 0.4) is 0 Å². The molecule has 3 N–H and O–H groups in total. The molecule has 0 atom stereocenters. The first kappa shape index (κ1) is 45.8. The molecular formula is C33H60LaO6. The summed E-state index contributed by atoms with van der Waals surface area (Å²) >= 11 is 0. The van der Waals surface area contributed by atoms with Gasteiger partial charge in [0.05, 0.1) is 0 Å². The fourth-order valence-electron chi connectivity index (χ4n) is 1.67. The van der Waals surface area contributed by atoms with Crippen LogP contribution in [0, 0.1) is 68.1 Å². The third kappa shape index (κ3) is 21.6. The number of aliphatic hydroxyl groups excluding tert-OH is 3. The van der Waals surface area contributed by atoms with Crippen molar-refractivity contribution in [2.24, 2.45) is 32.5 Å². The minimum atomic E-state index is -0.417. The Morgan fingerprint density at radius 2 is 0.475 bits per heavy atom. The van der Waals surface area contributed by atoms with Gasteiger partial charge >= 0.3 is 0 Å². The van der Waals surface area contributed by atoms with E-state index in [0.29, 0.717) is 0 Å². The molecule has 40 heavy (non-hydrogen) atoms. The van der Waals surface area contributed by atoms with Crippen molar-refractivity contribution in [1.29, 1.82) is 0 Å². The van der Waals surface area contributed by atoms with Crippen molar-refractivity contribution < 1.29 is 65.3 Å². The van der Waals surface area contributed by atoms with E-state index >= 15 is 0 Å². The summed E-state index contributed by atoms with van der Waals surface area (Å²) in [5.74, 6) is 0.312. The first-order valence-electron chi connectivity index (χ1n) is 13.5. The standard InChI is InChI=1S/3C11H20O2.La/c3*1-10(2,3)8(12)7-9(13)11(4,5)6;/h3*7,12H,1-6H3;/b3*8-7+;. The van der Waals surface area contributed by atoms with Crippen LogP contribution in [-0.4, -0.2) is 32.7 Å². The minimum Gasteiger partial charge on any atom is -0.512 e. The van der Waals surface area contributed by atoms with Gasteiger partial charge in [0.2, 0.25) is 0 Å². The molecule has 6 nitrogen and oxygen atoms in total. The van der Waals surface area contributed by atoms with Crippen molar-refractivity contribution in [1.82, 2.24) is 0 Å². The quantitative estimate of drug-likeness (QED) is 0.201. The molecule has 0 unspecified atom stereocenters. The predicted molar refractivity (Wildman–Crippen MR) is 164 cm³/mol. The number of carbonyl (C=O) groups is 3. The molecule has 0 aliphatic heterocycles. The Labute approximate surface area is 273 Å². The molecule has 0 heterocycles. The van der Waals surface area contributed by atoms with Gasteiger partial charge in [-0.05, 0) is 0 Å². The van der Waals surface area contributed by atoms with Crippen LogP contribution < -0.4 is 0 Å². The summed E-state index contributed by atoms with van der Waals surface area (Å²) in [6.07, 6.45) is 4.00. The van der Waals surface area contributed by atoms with Crippen LogP contribution in [-0.2, 0) is 14.4 Å². The molecule has 0 aliphatic rings. The molecule has 0 aromatic heterocycles. The number of carbonyl (C=O) groups excluding carboxylic acids is 3. The summed E-state index contributed by atoms with van der Waals surface area (Å²) in [4.78, 5) is 34.5. The maximum Gasteiger partial charge on any atom is 0.164 e. The van der Waals surface area contributed by atoms with Gasteiger partial charge in [0, 0.05) is 86.3 Å². The SMILES string of the molecule is CC(C)(C)C(=O)/C=C(/O)C(C)(C)C.CC(C)(C)C(=O)/C=C(/O)C(C)(C)C.CC(C)(C)C(=O)/C=C(/O)C(C)(C)C.[La]. The van der Waals surface area contributed by atoms with Gasteiger partial charge in [-0.3, -0.25) is 14.4 Å². The van der Waals surface area contributed by atoms with Crippen LogP contribution in [0.15, 0.2) is 35.5 Å². The zero-order chi connectivity index (χ0) is 32.6. The summed E-state index contributed by atoms with van der Waals surface area (Å²) < 4.78 is 0.